The third kappa shape index (κ3) is 2.92. The van der Waals surface area contributed by atoms with Crippen LogP contribution in [0.15, 0.2) is 12.4 Å². The van der Waals surface area contributed by atoms with Crippen LogP contribution in [0.4, 0.5) is 0 Å². The zero-order valence-electron chi connectivity index (χ0n) is 13.8. The predicted octanol–water partition coefficient (Wildman–Crippen LogP) is 1.09. The monoisotopic (exact) mass is 332 g/mol. The first-order valence-electron chi connectivity index (χ1n) is 8.80. The minimum atomic E-state index is -0.755. The number of aromatic amines is 1. The fourth-order valence-corrected chi connectivity index (χ4v) is 4.28. The van der Waals surface area contributed by atoms with Gasteiger partial charge in [0.05, 0.1) is 6.54 Å². The maximum Gasteiger partial charge on any atom is 0.320 e. The van der Waals surface area contributed by atoms with Crippen molar-refractivity contribution in [2.24, 2.45) is 11.3 Å². The Hall–Kier alpha value is -1.89. The summed E-state index contributed by atoms with van der Waals surface area (Å²) in [6.07, 6.45) is 8.02. The smallest absolute Gasteiger partial charge is 0.320 e. The number of H-pyrrole nitrogens is 1. The Labute approximate surface area is 141 Å². The molecule has 130 valence electrons. The Balaban J connectivity index is 1.42. The largest absolute Gasteiger partial charge is 0.480 e. The number of carboxylic acid groups (broad SMARTS) is 1. The van der Waals surface area contributed by atoms with Crippen LogP contribution in [0.25, 0.3) is 0 Å². The molecule has 0 bridgehead atoms. The number of imidazole rings is 1. The number of aromatic nitrogens is 2. The van der Waals surface area contributed by atoms with E-state index in [2.05, 4.69) is 9.97 Å². The molecule has 0 unspecified atom stereocenters. The highest BCUT2D eigenvalue weighted by Crippen LogP contribution is 2.44. The lowest BCUT2D eigenvalue weighted by Gasteiger charge is -2.39. The molecule has 1 saturated carbocycles. The van der Waals surface area contributed by atoms with Gasteiger partial charge in [0, 0.05) is 37.9 Å². The van der Waals surface area contributed by atoms with Crippen molar-refractivity contribution in [1.29, 1.82) is 0 Å². The van der Waals surface area contributed by atoms with E-state index in [0.29, 0.717) is 18.9 Å². The molecular weight excluding hydrogens is 308 g/mol. The van der Waals surface area contributed by atoms with Crippen LogP contribution < -0.4 is 0 Å². The second-order valence-electron chi connectivity index (χ2n) is 7.60. The maximum absolute atomic E-state index is 12.2. The zero-order chi connectivity index (χ0) is 16.7. The number of piperidine rings is 1. The van der Waals surface area contributed by atoms with Crippen LogP contribution in [0.2, 0.25) is 0 Å². The van der Waals surface area contributed by atoms with Gasteiger partial charge in [0.25, 0.3) is 0 Å². The van der Waals surface area contributed by atoms with Gasteiger partial charge in [-0.25, -0.2) is 4.98 Å². The van der Waals surface area contributed by atoms with Gasteiger partial charge >= 0.3 is 5.97 Å². The number of carbonyl (C=O) groups is 2. The summed E-state index contributed by atoms with van der Waals surface area (Å²) in [7, 11) is 0. The quantitative estimate of drug-likeness (QED) is 0.861. The number of hydrogen-bond donors (Lipinski definition) is 2. The maximum atomic E-state index is 12.2. The molecule has 0 aromatic carbocycles. The minimum Gasteiger partial charge on any atom is -0.480 e. The van der Waals surface area contributed by atoms with E-state index in [1.165, 1.54) is 0 Å². The number of rotatable bonds is 4. The summed E-state index contributed by atoms with van der Waals surface area (Å²) in [4.78, 5) is 35.2. The molecule has 1 amide bonds. The molecule has 2 aliphatic heterocycles. The van der Waals surface area contributed by atoms with Gasteiger partial charge in [-0.2, -0.15) is 0 Å². The molecule has 2 saturated heterocycles. The lowest BCUT2D eigenvalue weighted by molar-refractivity contribution is -0.142. The molecule has 1 aromatic heterocycles. The number of aliphatic carboxylic acids is 1. The van der Waals surface area contributed by atoms with E-state index < -0.39 is 12.0 Å². The highest BCUT2D eigenvalue weighted by Gasteiger charge is 2.49. The van der Waals surface area contributed by atoms with E-state index in [0.717, 1.165) is 51.1 Å². The van der Waals surface area contributed by atoms with Gasteiger partial charge in [-0.1, -0.05) is 0 Å². The lowest BCUT2D eigenvalue weighted by atomic mass is 9.76. The van der Waals surface area contributed by atoms with Gasteiger partial charge in [-0.05, 0) is 37.5 Å². The molecule has 3 fully saturated rings. The van der Waals surface area contributed by atoms with Gasteiger partial charge in [-0.3, -0.25) is 14.5 Å². The molecule has 2 N–H and O–H groups in total. The number of nitrogens with one attached hydrogen (secondary N) is 1. The molecule has 1 aromatic rings. The summed E-state index contributed by atoms with van der Waals surface area (Å²) in [6, 6.07) is -0.458. The number of carboxylic acids is 1. The standard InChI is InChI=1S/C17H24N4O3/c22-15(12-1-2-12)20-7-3-17(4-8-20)9-13(16(23)24)21(11-17)10-14-18-5-6-19-14/h5-6,12-13H,1-4,7-11H2,(H,18,19)(H,23,24)/t13-/m1/s1. The summed E-state index contributed by atoms with van der Waals surface area (Å²) < 4.78 is 0. The topological polar surface area (TPSA) is 89.5 Å². The minimum absolute atomic E-state index is 0.0238. The van der Waals surface area contributed by atoms with E-state index in [1.807, 2.05) is 9.80 Å². The van der Waals surface area contributed by atoms with Crippen molar-refractivity contribution in [3.8, 4) is 0 Å². The first-order chi connectivity index (χ1) is 11.6. The number of amides is 1. The van der Waals surface area contributed by atoms with Crippen molar-refractivity contribution >= 4 is 11.9 Å². The van der Waals surface area contributed by atoms with Crippen molar-refractivity contribution in [2.75, 3.05) is 19.6 Å². The second kappa shape index (κ2) is 5.88. The van der Waals surface area contributed by atoms with Gasteiger partial charge < -0.3 is 15.0 Å². The number of likely N-dealkylation sites (tertiary alicyclic amines) is 2. The summed E-state index contributed by atoms with van der Waals surface area (Å²) >= 11 is 0. The highest BCUT2D eigenvalue weighted by molar-refractivity contribution is 5.81. The summed E-state index contributed by atoms with van der Waals surface area (Å²) in [5, 5.41) is 9.61. The molecule has 1 atom stereocenters. The molecule has 7 nitrogen and oxygen atoms in total. The number of nitrogens with zero attached hydrogens (tertiary/aromatic N) is 3. The molecule has 3 aliphatic rings. The lowest BCUT2D eigenvalue weighted by Crippen LogP contribution is -2.44. The number of hydrogen-bond acceptors (Lipinski definition) is 4. The number of carbonyl (C=O) groups excluding carboxylic acids is 1. The summed E-state index contributed by atoms with van der Waals surface area (Å²) in [5.41, 5.74) is 0.0238. The van der Waals surface area contributed by atoms with Gasteiger partial charge in [0.1, 0.15) is 11.9 Å². The van der Waals surface area contributed by atoms with E-state index in [9.17, 15) is 14.7 Å². The van der Waals surface area contributed by atoms with Gasteiger partial charge in [0.2, 0.25) is 5.91 Å². The fraction of sp³-hybridized carbons (Fsp3) is 0.706. The van der Waals surface area contributed by atoms with Crippen molar-refractivity contribution in [2.45, 2.75) is 44.7 Å². The van der Waals surface area contributed by atoms with Crippen LogP contribution in [0.1, 0.15) is 37.9 Å². The molecule has 1 aliphatic carbocycles. The van der Waals surface area contributed by atoms with E-state index in [1.54, 1.807) is 12.4 Å². The molecular formula is C17H24N4O3. The third-order valence-corrected chi connectivity index (χ3v) is 5.86. The van der Waals surface area contributed by atoms with E-state index >= 15 is 0 Å². The Morgan fingerprint density at radius 3 is 2.67 bits per heavy atom. The van der Waals surface area contributed by atoms with Crippen molar-refractivity contribution in [3.63, 3.8) is 0 Å². The Morgan fingerprint density at radius 2 is 2.08 bits per heavy atom. The van der Waals surface area contributed by atoms with Crippen LogP contribution in [0.5, 0.6) is 0 Å². The zero-order valence-corrected chi connectivity index (χ0v) is 13.8. The Bertz CT molecular complexity index is 618. The normalized spacial score (nSPS) is 26.8. The average molecular weight is 332 g/mol. The van der Waals surface area contributed by atoms with Crippen LogP contribution in [-0.4, -0.2) is 62.4 Å². The van der Waals surface area contributed by atoms with Crippen molar-refractivity contribution < 1.29 is 14.7 Å². The van der Waals surface area contributed by atoms with Crippen LogP contribution in [0, 0.1) is 11.3 Å². The van der Waals surface area contributed by atoms with Crippen LogP contribution in [-0.2, 0) is 16.1 Å². The first-order valence-corrected chi connectivity index (χ1v) is 8.80. The Kier molecular flexibility index (Phi) is 3.83. The van der Waals surface area contributed by atoms with E-state index in [-0.39, 0.29) is 11.3 Å². The van der Waals surface area contributed by atoms with Crippen molar-refractivity contribution in [3.05, 3.63) is 18.2 Å². The molecule has 7 heteroatoms. The molecule has 0 radical (unpaired) electrons. The highest BCUT2D eigenvalue weighted by atomic mass is 16.4. The van der Waals surface area contributed by atoms with Crippen LogP contribution in [0.3, 0.4) is 0 Å². The van der Waals surface area contributed by atoms with Crippen LogP contribution >= 0.6 is 0 Å². The summed E-state index contributed by atoms with van der Waals surface area (Å²) in [5.74, 6) is 0.629. The van der Waals surface area contributed by atoms with Crippen molar-refractivity contribution in [1.82, 2.24) is 19.8 Å². The van der Waals surface area contributed by atoms with Gasteiger partial charge in [-0.15, -0.1) is 0 Å². The third-order valence-electron chi connectivity index (χ3n) is 5.86. The molecule has 3 heterocycles. The molecule has 24 heavy (non-hydrogen) atoms. The Morgan fingerprint density at radius 1 is 1.33 bits per heavy atom. The van der Waals surface area contributed by atoms with Gasteiger partial charge in [0.15, 0.2) is 0 Å². The fourth-order valence-electron chi connectivity index (χ4n) is 4.28. The predicted molar refractivity (Wildman–Crippen MR) is 86.0 cm³/mol. The first kappa shape index (κ1) is 15.6. The molecule has 1 spiro atoms. The van der Waals surface area contributed by atoms with E-state index in [4.69, 9.17) is 0 Å². The average Bonchev–Trinajstić information content (AvgIpc) is 3.19. The SMILES string of the molecule is O=C(O)[C@H]1CC2(CCN(C(=O)C3CC3)CC2)CN1Cc1ncc[nH]1. The summed E-state index contributed by atoms with van der Waals surface area (Å²) in [6.45, 7) is 2.86. The molecule has 4 rings (SSSR count). The second-order valence-corrected chi connectivity index (χ2v) is 7.60.